The molecular formula is C15H19ClFNO2. The number of benzene rings is 1. The molecule has 0 bridgehead atoms. The molecule has 110 valence electrons. The van der Waals surface area contributed by atoms with E-state index in [1.54, 1.807) is 11.0 Å². The van der Waals surface area contributed by atoms with Crippen molar-refractivity contribution in [2.45, 2.75) is 31.7 Å². The Balaban J connectivity index is 2.29. The van der Waals surface area contributed by atoms with Crippen LogP contribution in [0, 0.1) is 5.82 Å². The highest BCUT2D eigenvalue weighted by Gasteiger charge is 2.30. The van der Waals surface area contributed by atoms with Gasteiger partial charge in [0.1, 0.15) is 17.1 Å². The maximum atomic E-state index is 14.0. The lowest BCUT2D eigenvalue weighted by molar-refractivity contribution is 0.0601. The minimum Gasteiger partial charge on any atom is -0.496 e. The molecule has 1 aromatic carbocycles. The van der Waals surface area contributed by atoms with Gasteiger partial charge in [-0.25, -0.2) is 4.39 Å². The molecule has 0 spiro atoms. The van der Waals surface area contributed by atoms with Gasteiger partial charge in [-0.15, -0.1) is 11.6 Å². The second-order valence-corrected chi connectivity index (χ2v) is 5.32. The first-order chi connectivity index (χ1) is 9.69. The molecule has 1 heterocycles. The molecule has 0 aromatic heterocycles. The fourth-order valence-corrected chi connectivity index (χ4v) is 2.97. The van der Waals surface area contributed by atoms with Crippen molar-refractivity contribution in [2.24, 2.45) is 0 Å². The van der Waals surface area contributed by atoms with E-state index in [9.17, 15) is 9.18 Å². The summed E-state index contributed by atoms with van der Waals surface area (Å²) in [5, 5.41) is 0. The van der Waals surface area contributed by atoms with E-state index in [1.807, 2.05) is 0 Å². The molecule has 1 fully saturated rings. The number of carbonyl (C=O) groups is 1. The summed E-state index contributed by atoms with van der Waals surface area (Å²) in [4.78, 5) is 14.4. The summed E-state index contributed by atoms with van der Waals surface area (Å²) in [6.07, 6.45) is 3.69. The van der Waals surface area contributed by atoms with E-state index in [1.165, 1.54) is 19.2 Å². The van der Waals surface area contributed by atoms with E-state index in [2.05, 4.69) is 0 Å². The van der Waals surface area contributed by atoms with Crippen molar-refractivity contribution in [3.05, 3.63) is 29.6 Å². The first kappa shape index (κ1) is 15.1. The number of piperidine rings is 1. The standard InChI is InChI=1S/C15H19ClFNO2/c1-20-13-7-4-6-12(17)14(13)15(19)18-10-3-2-5-11(18)8-9-16/h4,6-7,11H,2-3,5,8-10H2,1H3. The van der Waals surface area contributed by atoms with Gasteiger partial charge in [-0.05, 0) is 37.8 Å². The molecule has 1 unspecified atom stereocenters. The summed E-state index contributed by atoms with van der Waals surface area (Å²) in [6, 6.07) is 4.53. The number of hydrogen-bond donors (Lipinski definition) is 0. The number of ether oxygens (including phenoxy) is 1. The molecule has 0 radical (unpaired) electrons. The summed E-state index contributed by atoms with van der Waals surface area (Å²) >= 11 is 5.80. The smallest absolute Gasteiger partial charge is 0.260 e. The number of methoxy groups -OCH3 is 1. The number of nitrogens with zero attached hydrogens (tertiary/aromatic N) is 1. The minimum absolute atomic E-state index is 0.0245. The van der Waals surface area contributed by atoms with Crippen LogP contribution in [0.15, 0.2) is 18.2 Å². The van der Waals surface area contributed by atoms with Crippen LogP contribution in [0.25, 0.3) is 0 Å². The maximum Gasteiger partial charge on any atom is 0.260 e. The second-order valence-electron chi connectivity index (χ2n) is 4.94. The van der Waals surface area contributed by atoms with Crippen molar-refractivity contribution >= 4 is 17.5 Å². The predicted octanol–water partition coefficient (Wildman–Crippen LogP) is 3.46. The summed E-state index contributed by atoms with van der Waals surface area (Å²) < 4.78 is 19.1. The Morgan fingerprint density at radius 3 is 3.00 bits per heavy atom. The van der Waals surface area contributed by atoms with Gasteiger partial charge >= 0.3 is 0 Å². The summed E-state index contributed by atoms with van der Waals surface area (Å²) in [5.74, 6) is -0.0485. The average Bonchev–Trinajstić information content (AvgIpc) is 2.47. The van der Waals surface area contributed by atoms with Gasteiger partial charge in [-0.3, -0.25) is 4.79 Å². The summed E-state index contributed by atoms with van der Waals surface area (Å²) in [7, 11) is 1.44. The zero-order valence-corrected chi connectivity index (χ0v) is 12.3. The summed E-state index contributed by atoms with van der Waals surface area (Å²) in [6.45, 7) is 0.651. The lowest BCUT2D eigenvalue weighted by Crippen LogP contribution is -2.44. The van der Waals surface area contributed by atoms with Crippen molar-refractivity contribution < 1.29 is 13.9 Å². The van der Waals surface area contributed by atoms with Crippen molar-refractivity contribution in [2.75, 3.05) is 19.5 Å². The van der Waals surface area contributed by atoms with Crippen LogP contribution in [0.2, 0.25) is 0 Å². The van der Waals surface area contributed by atoms with Crippen molar-refractivity contribution in [3.63, 3.8) is 0 Å². The summed E-state index contributed by atoms with van der Waals surface area (Å²) in [5.41, 5.74) is 0.0245. The van der Waals surface area contributed by atoms with Gasteiger partial charge in [0.15, 0.2) is 0 Å². The van der Waals surface area contributed by atoms with E-state index in [4.69, 9.17) is 16.3 Å². The van der Waals surface area contributed by atoms with Crippen LogP contribution in [0.5, 0.6) is 5.75 Å². The predicted molar refractivity (Wildman–Crippen MR) is 77.0 cm³/mol. The van der Waals surface area contributed by atoms with E-state index in [0.717, 1.165) is 25.7 Å². The van der Waals surface area contributed by atoms with Crippen LogP contribution < -0.4 is 4.74 Å². The highest BCUT2D eigenvalue weighted by molar-refractivity contribution is 6.17. The average molecular weight is 300 g/mol. The Morgan fingerprint density at radius 2 is 2.30 bits per heavy atom. The largest absolute Gasteiger partial charge is 0.496 e. The second kappa shape index (κ2) is 6.93. The van der Waals surface area contributed by atoms with E-state index < -0.39 is 5.82 Å². The van der Waals surface area contributed by atoms with Crippen molar-refractivity contribution in [3.8, 4) is 5.75 Å². The highest BCUT2D eigenvalue weighted by atomic mass is 35.5. The van der Waals surface area contributed by atoms with Gasteiger partial charge in [0.05, 0.1) is 7.11 Å². The van der Waals surface area contributed by atoms with Crippen LogP contribution in [0.1, 0.15) is 36.0 Å². The van der Waals surface area contributed by atoms with Gasteiger partial charge in [0.25, 0.3) is 5.91 Å². The molecule has 2 rings (SSSR count). The van der Waals surface area contributed by atoms with E-state index in [-0.39, 0.29) is 23.3 Å². The SMILES string of the molecule is COc1cccc(F)c1C(=O)N1CCCCC1CCCl. The van der Waals surface area contributed by atoms with Gasteiger partial charge in [-0.1, -0.05) is 6.07 Å². The topological polar surface area (TPSA) is 29.5 Å². The van der Waals surface area contributed by atoms with Crippen LogP contribution in [-0.2, 0) is 0 Å². The zero-order chi connectivity index (χ0) is 14.5. The Kier molecular flexibility index (Phi) is 5.24. The molecule has 0 saturated carbocycles. The molecule has 0 aliphatic carbocycles. The fourth-order valence-electron chi connectivity index (χ4n) is 2.72. The maximum absolute atomic E-state index is 14.0. The number of hydrogen-bond acceptors (Lipinski definition) is 2. The van der Waals surface area contributed by atoms with Gasteiger partial charge in [-0.2, -0.15) is 0 Å². The molecule has 1 aliphatic rings. The Hall–Kier alpha value is -1.29. The van der Waals surface area contributed by atoms with Crippen LogP contribution in [-0.4, -0.2) is 36.4 Å². The number of alkyl halides is 1. The third kappa shape index (κ3) is 3.06. The minimum atomic E-state index is -0.537. The molecule has 1 amide bonds. The van der Waals surface area contributed by atoms with E-state index in [0.29, 0.717) is 12.4 Å². The lowest BCUT2D eigenvalue weighted by Gasteiger charge is -2.36. The first-order valence-electron chi connectivity index (χ1n) is 6.88. The molecule has 0 N–H and O–H groups in total. The van der Waals surface area contributed by atoms with Crippen LogP contribution >= 0.6 is 11.6 Å². The fraction of sp³-hybridized carbons (Fsp3) is 0.533. The molecule has 3 nitrogen and oxygen atoms in total. The molecular weight excluding hydrogens is 281 g/mol. The molecule has 1 atom stereocenters. The van der Waals surface area contributed by atoms with E-state index >= 15 is 0 Å². The van der Waals surface area contributed by atoms with Gasteiger partial charge in [0.2, 0.25) is 0 Å². The third-order valence-electron chi connectivity index (χ3n) is 3.74. The lowest BCUT2D eigenvalue weighted by atomic mass is 9.98. The Labute approximate surface area is 123 Å². The van der Waals surface area contributed by atoms with Crippen LogP contribution in [0.3, 0.4) is 0 Å². The number of carbonyl (C=O) groups excluding carboxylic acids is 1. The zero-order valence-electron chi connectivity index (χ0n) is 11.6. The Bertz CT molecular complexity index is 479. The normalized spacial score (nSPS) is 18.9. The number of halogens is 2. The van der Waals surface area contributed by atoms with Gasteiger partial charge in [0, 0.05) is 18.5 Å². The number of rotatable bonds is 4. The molecule has 1 saturated heterocycles. The molecule has 5 heteroatoms. The van der Waals surface area contributed by atoms with Gasteiger partial charge < -0.3 is 9.64 Å². The van der Waals surface area contributed by atoms with Crippen molar-refractivity contribution in [1.82, 2.24) is 4.90 Å². The van der Waals surface area contributed by atoms with Crippen LogP contribution in [0.4, 0.5) is 4.39 Å². The molecule has 1 aliphatic heterocycles. The third-order valence-corrected chi connectivity index (χ3v) is 3.96. The highest BCUT2D eigenvalue weighted by Crippen LogP contribution is 2.27. The number of likely N-dealkylation sites (tertiary alicyclic amines) is 1. The molecule has 20 heavy (non-hydrogen) atoms. The Morgan fingerprint density at radius 1 is 1.50 bits per heavy atom. The monoisotopic (exact) mass is 299 g/mol. The number of amides is 1. The molecule has 1 aromatic rings. The first-order valence-corrected chi connectivity index (χ1v) is 7.42. The van der Waals surface area contributed by atoms with Crippen molar-refractivity contribution in [1.29, 1.82) is 0 Å². The quantitative estimate of drug-likeness (QED) is 0.797.